The molecule has 0 bridgehead atoms. The minimum Gasteiger partial charge on any atom is -0.459 e. The number of benzene rings is 1. The van der Waals surface area contributed by atoms with Crippen LogP contribution in [0.15, 0.2) is 42.5 Å². The van der Waals surface area contributed by atoms with Gasteiger partial charge in [0.15, 0.2) is 0 Å². The summed E-state index contributed by atoms with van der Waals surface area (Å²) in [6, 6.07) is 8.71. The molecular weight excluding hydrogens is 256 g/mol. The minimum absolute atomic E-state index is 0.00829. The van der Waals surface area contributed by atoms with Crippen LogP contribution in [0.4, 0.5) is 0 Å². The summed E-state index contributed by atoms with van der Waals surface area (Å²) in [6.07, 6.45) is 7.43. The van der Waals surface area contributed by atoms with Crippen LogP contribution in [0, 0.1) is 0 Å². The fourth-order valence-electron chi connectivity index (χ4n) is 2.16. The van der Waals surface area contributed by atoms with Gasteiger partial charge in [-0.2, -0.15) is 0 Å². The molecule has 1 fully saturated rings. The van der Waals surface area contributed by atoms with Crippen molar-refractivity contribution in [1.82, 2.24) is 0 Å². The maximum absolute atomic E-state index is 11.6. The molecule has 2 rings (SSSR count). The summed E-state index contributed by atoms with van der Waals surface area (Å²) < 4.78 is 10.3. The number of carbonyl (C=O) groups excluding carboxylic acids is 2. The molecule has 0 amide bonds. The third kappa shape index (κ3) is 4.88. The molecule has 4 nitrogen and oxygen atoms in total. The van der Waals surface area contributed by atoms with Crippen LogP contribution in [0.3, 0.4) is 0 Å². The Balaban J connectivity index is 1.76. The maximum Gasteiger partial charge on any atom is 0.336 e. The van der Waals surface area contributed by atoms with Crippen LogP contribution in [0.2, 0.25) is 0 Å². The van der Waals surface area contributed by atoms with Crippen LogP contribution in [0.1, 0.15) is 32.1 Å². The number of para-hydroxylation sites is 1. The molecule has 0 radical (unpaired) electrons. The molecule has 0 heterocycles. The van der Waals surface area contributed by atoms with Crippen molar-refractivity contribution in [2.45, 2.75) is 38.2 Å². The molecule has 4 heteroatoms. The predicted molar refractivity (Wildman–Crippen MR) is 74.2 cm³/mol. The quantitative estimate of drug-likeness (QED) is 0.481. The predicted octanol–water partition coefficient (Wildman–Crippen LogP) is 3.02. The van der Waals surface area contributed by atoms with Crippen LogP contribution in [0.5, 0.6) is 5.75 Å². The third-order valence-electron chi connectivity index (χ3n) is 3.15. The summed E-state index contributed by atoms with van der Waals surface area (Å²) in [5.41, 5.74) is 0. The van der Waals surface area contributed by atoms with E-state index in [0.717, 1.165) is 37.8 Å². The monoisotopic (exact) mass is 274 g/mol. The van der Waals surface area contributed by atoms with Crippen LogP contribution < -0.4 is 4.74 Å². The SMILES string of the molecule is O=C(/C=C\C(=O)OC1CCCCC1)Oc1ccccc1. The maximum atomic E-state index is 11.6. The van der Waals surface area contributed by atoms with Crippen molar-refractivity contribution < 1.29 is 19.1 Å². The summed E-state index contributed by atoms with van der Waals surface area (Å²) in [5, 5.41) is 0. The molecule has 0 N–H and O–H groups in total. The van der Waals surface area contributed by atoms with Gasteiger partial charge in [0, 0.05) is 12.2 Å². The standard InChI is InChI=1S/C16H18O4/c17-15(19-13-7-3-1-4-8-13)11-12-16(18)20-14-9-5-2-6-10-14/h1,3-4,7-8,11-12,14H,2,5-6,9-10H2/b12-11-. The van der Waals surface area contributed by atoms with Crippen molar-refractivity contribution in [1.29, 1.82) is 0 Å². The van der Waals surface area contributed by atoms with E-state index in [1.165, 1.54) is 6.42 Å². The van der Waals surface area contributed by atoms with Gasteiger partial charge < -0.3 is 9.47 Å². The van der Waals surface area contributed by atoms with Crippen molar-refractivity contribution in [2.24, 2.45) is 0 Å². The second kappa shape index (κ2) is 7.48. The molecule has 20 heavy (non-hydrogen) atoms. The van der Waals surface area contributed by atoms with Gasteiger partial charge in [0.05, 0.1) is 0 Å². The molecule has 0 atom stereocenters. The average molecular weight is 274 g/mol. The second-order valence-corrected chi connectivity index (χ2v) is 4.76. The van der Waals surface area contributed by atoms with E-state index in [1.54, 1.807) is 24.3 Å². The van der Waals surface area contributed by atoms with E-state index in [4.69, 9.17) is 9.47 Å². The Morgan fingerprint density at radius 1 is 0.950 bits per heavy atom. The Morgan fingerprint density at radius 2 is 1.60 bits per heavy atom. The molecule has 0 aromatic heterocycles. The Hall–Kier alpha value is -2.10. The molecule has 0 unspecified atom stereocenters. The molecule has 0 aliphatic heterocycles. The van der Waals surface area contributed by atoms with Gasteiger partial charge >= 0.3 is 11.9 Å². The minimum atomic E-state index is -0.586. The van der Waals surface area contributed by atoms with Gasteiger partial charge in [0.25, 0.3) is 0 Å². The summed E-state index contributed by atoms with van der Waals surface area (Å²) in [5.74, 6) is -0.624. The lowest BCUT2D eigenvalue weighted by atomic mass is 9.98. The molecule has 0 saturated heterocycles. The zero-order valence-electron chi connectivity index (χ0n) is 11.3. The van der Waals surface area contributed by atoms with Crippen molar-refractivity contribution >= 4 is 11.9 Å². The van der Waals surface area contributed by atoms with Gasteiger partial charge in [-0.15, -0.1) is 0 Å². The smallest absolute Gasteiger partial charge is 0.336 e. The van der Waals surface area contributed by atoms with Crippen LogP contribution in [0.25, 0.3) is 0 Å². The molecule has 1 saturated carbocycles. The van der Waals surface area contributed by atoms with Gasteiger partial charge in [-0.25, -0.2) is 9.59 Å². The number of esters is 2. The molecular formula is C16H18O4. The molecule has 1 aromatic carbocycles. The first-order valence-electron chi connectivity index (χ1n) is 6.89. The van der Waals surface area contributed by atoms with Gasteiger partial charge in [0.1, 0.15) is 11.9 Å². The van der Waals surface area contributed by atoms with E-state index < -0.39 is 11.9 Å². The Morgan fingerprint density at radius 3 is 2.30 bits per heavy atom. The topological polar surface area (TPSA) is 52.6 Å². The van der Waals surface area contributed by atoms with Gasteiger partial charge in [-0.3, -0.25) is 0 Å². The van der Waals surface area contributed by atoms with E-state index in [9.17, 15) is 9.59 Å². The number of rotatable bonds is 4. The lowest BCUT2D eigenvalue weighted by Crippen LogP contribution is -2.19. The van der Waals surface area contributed by atoms with E-state index in [2.05, 4.69) is 0 Å². The zero-order valence-corrected chi connectivity index (χ0v) is 11.3. The molecule has 1 aliphatic rings. The highest BCUT2D eigenvalue weighted by atomic mass is 16.5. The van der Waals surface area contributed by atoms with Crippen LogP contribution in [-0.4, -0.2) is 18.0 Å². The number of ether oxygens (including phenoxy) is 2. The Bertz CT molecular complexity index is 473. The van der Waals surface area contributed by atoms with Crippen molar-refractivity contribution in [3.05, 3.63) is 42.5 Å². The first-order valence-corrected chi connectivity index (χ1v) is 6.89. The molecule has 1 aromatic rings. The first-order chi connectivity index (χ1) is 9.74. The first kappa shape index (κ1) is 14.3. The lowest BCUT2D eigenvalue weighted by Gasteiger charge is -2.20. The second-order valence-electron chi connectivity index (χ2n) is 4.76. The Labute approximate surface area is 118 Å². The number of carbonyl (C=O) groups is 2. The Kier molecular flexibility index (Phi) is 5.35. The fourth-order valence-corrected chi connectivity index (χ4v) is 2.16. The number of hydrogen-bond donors (Lipinski definition) is 0. The lowest BCUT2D eigenvalue weighted by molar-refractivity contribution is -0.144. The largest absolute Gasteiger partial charge is 0.459 e. The van der Waals surface area contributed by atoms with Gasteiger partial charge in [-0.05, 0) is 37.8 Å². The van der Waals surface area contributed by atoms with E-state index in [-0.39, 0.29) is 6.10 Å². The van der Waals surface area contributed by atoms with Gasteiger partial charge in [-0.1, -0.05) is 24.6 Å². The highest BCUT2D eigenvalue weighted by Crippen LogP contribution is 2.20. The fraction of sp³-hybridized carbons (Fsp3) is 0.375. The summed E-state index contributed by atoms with van der Waals surface area (Å²) >= 11 is 0. The third-order valence-corrected chi connectivity index (χ3v) is 3.15. The normalized spacial score (nSPS) is 16.0. The number of hydrogen-bond acceptors (Lipinski definition) is 4. The van der Waals surface area contributed by atoms with Gasteiger partial charge in [0.2, 0.25) is 0 Å². The molecule has 1 aliphatic carbocycles. The van der Waals surface area contributed by atoms with Crippen molar-refractivity contribution in [3.8, 4) is 5.75 Å². The summed E-state index contributed by atoms with van der Waals surface area (Å²) in [7, 11) is 0. The summed E-state index contributed by atoms with van der Waals surface area (Å²) in [6.45, 7) is 0. The highest BCUT2D eigenvalue weighted by molar-refractivity contribution is 5.92. The van der Waals surface area contributed by atoms with Crippen LogP contribution in [-0.2, 0) is 14.3 Å². The van der Waals surface area contributed by atoms with Crippen LogP contribution >= 0.6 is 0 Å². The summed E-state index contributed by atoms with van der Waals surface area (Å²) in [4.78, 5) is 23.0. The molecule has 106 valence electrons. The average Bonchev–Trinajstić information content (AvgIpc) is 2.47. The van der Waals surface area contributed by atoms with Crippen molar-refractivity contribution in [3.63, 3.8) is 0 Å². The van der Waals surface area contributed by atoms with E-state index >= 15 is 0 Å². The molecule has 0 spiro atoms. The van der Waals surface area contributed by atoms with E-state index in [0.29, 0.717) is 5.75 Å². The van der Waals surface area contributed by atoms with E-state index in [1.807, 2.05) is 6.07 Å². The highest BCUT2D eigenvalue weighted by Gasteiger charge is 2.16. The zero-order chi connectivity index (χ0) is 14.2. The van der Waals surface area contributed by atoms with Crippen molar-refractivity contribution in [2.75, 3.05) is 0 Å².